The minimum Gasteiger partial charge on any atom is -0.465 e. The van der Waals surface area contributed by atoms with Crippen molar-refractivity contribution in [1.82, 2.24) is 4.98 Å². The van der Waals surface area contributed by atoms with Crippen LogP contribution in [0.1, 0.15) is 51.1 Å². The van der Waals surface area contributed by atoms with Crippen molar-refractivity contribution in [2.45, 2.75) is 46.0 Å². The van der Waals surface area contributed by atoms with E-state index in [1.807, 2.05) is 13.8 Å². The molecule has 0 amide bonds. The lowest BCUT2D eigenvalue weighted by atomic mass is 10.0. The summed E-state index contributed by atoms with van der Waals surface area (Å²) in [6.07, 6.45) is 5.35. The number of thiocarbonyl (C=S) groups is 1. The Morgan fingerprint density at radius 3 is 2.72 bits per heavy atom. The van der Waals surface area contributed by atoms with Crippen molar-refractivity contribution in [2.24, 2.45) is 0 Å². The molecule has 0 atom stereocenters. The minimum absolute atomic E-state index is 0.337. The topological polar surface area (TPSA) is 63.2 Å². The number of aryl methyl sites for hydroxylation is 3. The number of ether oxygens (including phenoxy) is 1. The van der Waals surface area contributed by atoms with E-state index in [2.05, 4.69) is 15.6 Å². The van der Waals surface area contributed by atoms with Crippen molar-refractivity contribution in [1.29, 1.82) is 0 Å². The lowest BCUT2D eigenvalue weighted by Crippen LogP contribution is -2.20. The summed E-state index contributed by atoms with van der Waals surface area (Å²) in [5.74, 6) is -0.337. The van der Waals surface area contributed by atoms with Gasteiger partial charge in [0.15, 0.2) is 10.2 Å². The van der Waals surface area contributed by atoms with Crippen molar-refractivity contribution in [2.75, 3.05) is 17.7 Å². The van der Waals surface area contributed by atoms with Gasteiger partial charge in [0.25, 0.3) is 0 Å². The highest BCUT2D eigenvalue weighted by Crippen LogP contribution is 2.34. The molecule has 25 heavy (non-hydrogen) atoms. The number of hydrogen-bond donors (Lipinski definition) is 2. The van der Waals surface area contributed by atoms with Crippen molar-refractivity contribution in [3.63, 3.8) is 0 Å². The molecule has 0 saturated heterocycles. The fourth-order valence-corrected chi connectivity index (χ4v) is 5.57. The first-order chi connectivity index (χ1) is 12.0. The van der Waals surface area contributed by atoms with Gasteiger partial charge in [0, 0.05) is 9.75 Å². The number of hydrogen-bond acceptors (Lipinski definition) is 6. The normalized spacial score (nSPS) is 13.2. The van der Waals surface area contributed by atoms with E-state index in [0.29, 0.717) is 10.7 Å². The Morgan fingerprint density at radius 1 is 1.28 bits per heavy atom. The average molecular weight is 396 g/mol. The molecule has 0 unspecified atom stereocenters. The number of methoxy groups -OCH3 is 1. The highest BCUT2D eigenvalue weighted by Gasteiger charge is 2.23. The van der Waals surface area contributed by atoms with Gasteiger partial charge in [-0.3, -0.25) is 0 Å². The molecule has 2 heterocycles. The summed E-state index contributed by atoms with van der Waals surface area (Å²) in [7, 11) is 1.40. The van der Waals surface area contributed by atoms with Gasteiger partial charge in [-0.15, -0.1) is 22.7 Å². The summed E-state index contributed by atoms with van der Waals surface area (Å²) in [4.78, 5) is 19.3. The van der Waals surface area contributed by atoms with Gasteiger partial charge in [0.2, 0.25) is 0 Å². The highest BCUT2D eigenvalue weighted by molar-refractivity contribution is 7.80. The number of nitrogens with one attached hydrogen (secondary N) is 2. The summed E-state index contributed by atoms with van der Waals surface area (Å²) >= 11 is 8.61. The largest absolute Gasteiger partial charge is 0.465 e. The molecule has 0 aliphatic heterocycles. The molecule has 5 nitrogen and oxygen atoms in total. The molecule has 2 N–H and O–H groups in total. The van der Waals surface area contributed by atoms with E-state index in [4.69, 9.17) is 17.0 Å². The Balaban J connectivity index is 1.76. The van der Waals surface area contributed by atoms with Crippen LogP contribution in [0.5, 0.6) is 0 Å². The monoisotopic (exact) mass is 395 g/mol. The lowest BCUT2D eigenvalue weighted by molar-refractivity contribution is 0.0601. The number of thiazole rings is 1. The molecule has 0 fully saturated rings. The molecular formula is C17H21N3O2S3. The van der Waals surface area contributed by atoms with Crippen LogP contribution in [0.25, 0.3) is 0 Å². The number of thiophene rings is 1. The van der Waals surface area contributed by atoms with Gasteiger partial charge >= 0.3 is 5.97 Å². The third-order valence-corrected chi connectivity index (χ3v) is 6.59. The number of nitrogens with zero attached hydrogens (tertiary/aromatic N) is 1. The van der Waals surface area contributed by atoms with Gasteiger partial charge in [-0.05, 0) is 56.8 Å². The van der Waals surface area contributed by atoms with Gasteiger partial charge < -0.3 is 15.4 Å². The zero-order chi connectivity index (χ0) is 18.0. The minimum atomic E-state index is -0.337. The second kappa shape index (κ2) is 7.80. The molecular weight excluding hydrogens is 374 g/mol. The smallest absolute Gasteiger partial charge is 0.341 e. The standard InChI is InChI=1S/C17H21N3O2S3/c1-4-10-9(2)24-14(13(10)15(21)22-3)19-16(23)20-17-18-11-7-5-6-8-12(11)25-17/h4-8H2,1-3H3,(H2,18,19,20,23). The maximum absolute atomic E-state index is 12.2. The van der Waals surface area contributed by atoms with Crippen LogP contribution >= 0.6 is 34.9 Å². The van der Waals surface area contributed by atoms with Crippen molar-refractivity contribution >= 4 is 56.1 Å². The first-order valence-corrected chi connectivity index (χ1v) is 10.3. The second-order valence-electron chi connectivity index (χ2n) is 5.86. The van der Waals surface area contributed by atoms with E-state index in [9.17, 15) is 4.79 Å². The zero-order valence-electron chi connectivity index (χ0n) is 14.5. The van der Waals surface area contributed by atoms with Crippen LogP contribution in [0.2, 0.25) is 0 Å². The summed E-state index contributed by atoms with van der Waals surface area (Å²) in [5, 5.41) is 8.30. The fraction of sp³-hybridized carbons (Fsp3) is 0.471. The Kier molecular flexibility index (Phi) is 5.71. The van der Waals surface area contributed by atoms with Gasteiger partial charge in [-0.25, -0.2) is 9.78 Å². The summed E-state index contributed by atoms with van der Waals surface area (Å²) in [6.45, 7) is 4.04. The predicted molar refractivity (Wildman–Crippen MR) is 108 cm³/mol. The first kappa shape index (κ1) is 18.3. The molecule has 1 aliphatic carbocycles. The first-order valence-electron chi connectivity index (χ1n) is 8.30. The third-order valence-electron chi connectivity index (χ3n) is 4.25. The Hall–Kier alpha value is -1.51. The van der Waals surface area contributed by atoms with Crippen LogP contribution in [0, 0.1) is 6.92 Å². The fourth-order valence-electron chi connectivity index (χ4n) is 3.05. The van der Waals surface area contributed by atoms with Crippen LogP contribution in [-0.4, -0.2) is 23.2 Å². The molecule has 1 aliphatic rings. The Morgan fingerprint density at radius 2 is 2.04 bits per heavy atom. The molecule has 3 rings (SSSR count). The van der Waals surface area contributed by atoms with E-state index in [1.165, 1.54) is 41.9 Å². The average Bonchev–Trinajstić information content (AvgIpc) is 3.13. The summed E-state index contributed by atoms with van der Waals surface area (Å²) < 4.78 is 4.94. The van der Waals surface area contributed by atoms with E-state index >= 15 is 0 Å². The number of carbonyl (C=O) groups is 1. The molecule has 8 heteroatoms. The van der Waals surface area contributed by atoms with Crippen LogP contribution in [0.4, 0.5) is 10.1 Å². The van der Waals surface area contributed by atoms with Crippen molar-refractivity contribution in [3.8, 4) is 0 Å². The second-order valence-corrected chi connectivity index (χ2v) is 8.58. The molecule has 2 aromatic rings. The van der Waals surface area contributed by atoms with Crippen LogP contribution in [-0.2, 0) is 24.0 Å². The molecule has 0 radical (unpaired) electrons. The van der Waals surface area contributed by atoms with Crippen molar-refractivity contribution in [3.05, 3.63) is 26.6 Å². The molecule has 0 spiro atoms. The zero-order valence-corrected chi connectivity index (χ0v) is 17.0. The number of anilines is 2. The van der Waals surface area contributed by atoms with Crippen LogP contribution in [0.15, 0.2) is 0 Å². The van der Waals surface area contributed by atoms with E-state index in [-0.39, 0.29) is 5.97 Å². The molecule has 0 aromatic carbocycles. The predicted octanol–water partition coefficient (Wildman–Crippen LogP) is 4.55. The maximum atomic E-state index is 12.2. The molecule has 134 valence electrons. The summed E-state index contributed by atoms with van der Waals surface area (Å²) in [6, 6.07) is 0. The molecule has 0 bridgehead atoms. The van der Waals surface area contributed by atoms with Gasteiger partial charge in [-0.1, -0.05) is 6.92 Å². The number of rotatable bonds is 4. The van der Waals surface area contributed by atoms with Crippen LogP contribution < -0.4 is 10.6 Å². The van der Waals surface area contributed by atoms with Gasteiger partial charge in [-0.2, -0.15) is 0 Å². The molecule has 2 aromatic heterocycles. The quantitative estimate of drug-likeness (QED) is 0.585. The highest BCUT2D eigenvalue weighted by atomic mass is 32.1. The van der Waals surface area contributed by atoms with E-state index in [0.717, 1.165) is 39.8 Å². The molecule has 0 saturated carbocycles. The third kappa shape index (κ3) is 3.86. The summed E-state index contributed by atoms with van der Waals surface area (Å²) in [5.41, 5.74) is 2.78. The number of esters is 1. The van der Waals surface area contributed by atoms with Crippen LogP contribution in [0.3, 0.4) is 0 Å². The number of carbonyl (C=O) groups excluding carboxylic acids is 1. The number of aromatic nitrogens is 1. The Labute approximate surface area is 160 Å². The Bertz CT molecular complexity index is 787. The maximum Gasteiger partial charge on any atom is 0.341 e. The van der Waals surface area contributed by atoms with Crippen molar-refractivity contribution < 1.29 is 9.53 Å². The van der Waals surface area contributed by atoms with E-state index in [1.54, 1.807) is 11.3 Å². The van der Waals surface area contributed by atoms with Gasteiger partial charge in [0.1, 0.15) is 5.00 Å². The SMILES string of the molecule is CCc1c(C)sc(NC(=S)Nc2nc3c(s2)CCCC3)c1C(=O)OC. The van der Waals surface area contributed by atoms with E-state index < -0.39 is 0 Å². The number of fused-ring (bicyclic) bond motifs is 1. The van der Waals surface area contributed by atoms with Gasteiger partial charge in [0.05, 0.1) is 18.4 Å². The lowest BCUT2D eigenvalue weighted by Gasteiger charge is -2.09.